The van der Waals surface area contributed by atoms with Crippen LogP contribution in [0.4, 0.5) is 0 Å². The molecule has 0 aromatic heterocycles. The standard InChI is InChI=1S/C14H21BrN2/c15-13-6-4-12(5-7-13)14(16)8-11-17-9-2-1-3-10-17/h4-7,14H,1-3,8-11,16H2. The van der Waals surface area contributed by atoms with Gasteiger partial charge in [-0.15, -0.1) is 0 Å². The first-order chi connectivity index (χ1) is 8.25. The van der Waals surface area contributed by atoms with E-state index in [0.29, 0.717) is 0 Å². The Bertz CT molecular complexity index is 331. The Balaban J connectivity index is 1.80. The topological polar surface area (TPSA) is 29.3 Å². The maximum absolute atomic E-state index is 6.22. The van der Waals surface area contributed by atoms with E-state index in [0.717, 1.165) is 17.4 Å². The zero-order chi connectivity index (χ0) is 12.1. The van der Waals surface area contributed by atoms with Crippen LogP contribution in [0.25, 0.3) is 0 Å². The third kappa shape index (κ3) is 4.09. The summed E-state index contributed by atoms with van der Waals surface area (Å²) < 4.78 is 1.12. The van der Waals surface area contributed by atoms with Gasteiger partial charge in [0.05, 0.1) is 0 Å². The maximum atomic E-state index is 6.22. The number of halogens is 1. The minimum Gasteiger partial charge on any atom is -0.324 e. The van der Waals surface area contributed by atoms with Crippen LogP contribution in [0.3, 0.4) is 0 Å². The number of piperidine rings is 1. The molecule has 1 aromatic carbocycles. The van der Waals surface area contributed by atoms with Crippen LogP contribution >= 0.6 is 15.9 Å². The van der Waals surface area contributed by atoms with E-state index in [1.54, 1.807) is 0 Å². The summed E-state index contributed by atoms with van der Waals surface area (Å²) in [7, 11) is 0. The lowest BCUT2D eigenvalue weighted by Crippen LogP contribution is -2.32. The number of rotatable bonds is 4. The van der Waals surface area contributed by atoms with Crippen molar-refractivity contribution in [3.8, 4) is 0 Å². The van der Waals surface area contributed by atoms with Gasteiger partial charge in [-0.3, -0.25) is 0 Å². The predicted octanol–water partition coefficient (Wildman–Crippen LogP) is 3.32. The molecule has 2 rings (SSSR count). The second-order valence-corrected chi connectivity index (χ2v) is 5.76. The molecule has 2 nitrogen and oxygen atoms in total. The lowest BCUT2D eigenvalue weighted by atomic mass is 10.0. The average Bonchev–Trinajstić information content (AvgIpc) is 2.38. The third-order valence-electron chi connectivity index (χ3n) is 3.50. The van der Waals surface area contributed by atoms with E-state index in [1.165, 1.54) is 37.9 Å². The molecule has 1 aliphatic rings. The molecule has 1 fully saturated rings. The summed E-state index contributed by atoms with van der Waals surface area (Å²) in [4.78, 5) is 2.54. The summed E-state index contributed by atoms with van der Waals surface area (Å²) in [5.41, 5.74) is 7.46. The number of hydrogen-bond donors (Lipinski definition) is 1. The van der Waals surface area contributed by atoms with E-state index in [9.17, 15) is 0 Å². The van der Waals surface area contributed by atoms with Crippen molar-refractivity contribution in [3.63, 3.8) is 0 Å². The molecule has 0 amide bonds. The van der Waals surface area contributed by atoms with Crippen molar-refractivity contribution < 1.29 is 0 Å². The lowest BCUT2D eigenvalue weighted by Gasteiger charge is -2.27. The Morgan fingerprint density at radius 2 is 1.76 bits per heavy atom. The number of nitrogens with two attached hydrogens (primary N) is 1. The molecule has 1 heterocycles. The van der Waals surface area contributed by atoms with Crippen molar-refractivity contribution in [2.45, 2.75) is 31.7 Å². The zero-order valence-electron chi connectivity index (χ0n) is 10.2. The SMILES string of the molecule is NC(CCN1CCCCC1)c1ccc(Br)cc1. The molecule has 1 aliphatic heterocycles. The Morgan fingerprint density at radius 3 is 2.41 bits per heavy atom. The van der Waals surface area contributed by atoms with Gasteiger partial charge in [-0.05, 0) is 56.6 Å². The van der Waals surface area contributed by atoms with Gasteiger partial charge < -0.3 is 10.6 Å². The van der Waals surface area contributed by atoms with Crippen LogP contribution in [0, 0.1) is 0 Å². The number of nitrogens with zero attached hydrogens (tertiary/aromatic N) is 1. The van der Waals surface area contributed by atoms with E-state index in [4.69, 9.17) is 5.73 Å². The fourth-order valence-electron chi connectivity index (χ4n) is 2.38. The van der Waals surface area contributed by atoms with Crippen LogP contribution in [0.2, 0.25) is 0 Å². The molecule has 1 unspecified atom stereocenters. The molecule has 0 radical (unpaired) electrons. The summed E-state index contributed by atoms with van der Waals surface area (Å²) in [6.45, 7) is 3.65. The first kappa shape index (κ1) is 13.1. The average molecular weight is 297 g/mol. The highest BCUT2D eigenvalue weighted by atomic mass is 79.9. The quantitative estimate of drug-likeness (QED) is 0.923. The fourth-order valence-corrected chi connectivity index (χ4v) is 2.65. The monoisotopic (exact) mass is 296 g/mol. The largest absolute Gasteiger partial charge is 0.324 e. The van der Waals surface area contributed by atoms with Gasteiger partial charge in [0.1, 0.15) is 0 Å². The normalized spacial score (nSPS) is 19.2. The van der Waals surface area contributed by atoms with Gasteiger partial charge in [0.15, 0.2) is 0 Å². The second kappa shape index (κ2) is 6.53. The van der Waals surface area contributed by atoms with Gasteiger partial charge in [0, 0.05) is 10.5 Å². The van der Waals surface area contributed by atoms with Crippen LogP contribution in [-0.2, 0) is 0 Å². The molecular formula is C14H21BrN2. The Hall–Kier alpha value is -0.380. The van der Waals surface area contributed by atoms with Crippen molar-refractivity contribution in [2.24, 2.45) is 5.73 Å². The van der Waals surface area contributed by atoms with Crippen LogP contribution in [0.15, 0.2) is 28.7 Å². The molecule has 3 heteroatoms. The second-order valence-electron chi connectivity index (χ2n) is 4.85. The van der Waals surface area contributed by atoms with Gasteiger partial charge >= 0.3 is 0 Å². The molecular weight excluding hydrogens is 276 g/mol. The van der Waals surface area contributed by atoms with E-state index < -0.39 is 0 Å². The lowest BCUT2D eigenvalue weighted by molar-refractivity contribution is 0.221. The molecule has 94 valence electrons. The molecule has 2 N–H and O–H groups in total. The number of likely N-dealkylation sites (tertiary alicyclic amines) is 1. The van der Waals surface area contributed by atoms with Crippen LogP contribution < -0.4 is 5.73 Å². The van der Waals surface area contributed by atoms with Crippen molar-refractivity contribution >= 4 is 15.9 Å². The first-order valence-corrected chi connectivity index (χ1v) is 7.28. The summed E-state index contributed by atoms with van der Waals surface area (Å²) in [6.07, 6.45) is 5.16. The molecule has 1 atom stereocenters. The first-order valence-electron chi connectivity index (χ1n) is 6.49. The smallest absolute Gasteiger partial charge is 0.0307 e. The molecule has 0 bridgehead atoms. The molecule has 1 saturated heterocycles. The predicted molar refractivity (Wildman–Crippen MR) is 76.0 cm³/mol. The van der Waals surface area contributed by atoms with Crippen molar-refractivity contribution in [3.05, 3.63) is 34.3 Å². The van der Waals surface area contributed by atoms with E-state index in [-0.39, 0.29) is 6.04 Å². The van der Waals surface area contributed by atoms with Crippen LogP contribution in [0.5, 0.6) is 0 Å². The number of hydrogen-bond acceptors (Lipinski definition) is 2. The zero-order valence-corrected chi connectivity index (χ0v) is 11.8. The van der Waals surface area contributed by atoms with Crippen LogP contribution in [0.1, 0.15) is 37.3 Å². The fraction of sp³-hybridized carbons (Fsp3) is 0.571. The molecule has 0 saturated carbocycles. The molecule has 0 aliphatic carbocycles. The van der Waals surface area contributed by atoms with Crippen molar-refractivity contribution in [1.82, 2.24) is 4.90 Å². The third-order valence-corrected chi connectivity index (χ3v) is 4.03. The summed E-state index contributed by atoms with van der Waals surface area (Å²) in [5.74, 6) is 0. The Kier molecular flexibility index (Phi) is 5.01. The highest BCUT2D eigenvalue weighted by molar-refractivity contribution is 9.10. The van der Waals surface area contributed by atoms with Gasteiger partial charge in [0.2, 0.25) is 0 Å². The van der Waals surface area contributed by atoms with Gasteiger partial charge in [-0.25, -0.2) is 0 Å². The van der Waals surface area contributed by atoms with Crippen molar-refractivity contribution in [1.29, 1.82) is 0 Å². The van der Waals surface area contributed by atoms with Gasteiger partial charge in [-0.2, -0.15) is 0 Å². The molecule has 0 spiro atoms. The highest BCUT2D eigenvalue weighted by Gasteiger charge is 2.12. The molecule has 1 aromatic rings. The van der Waals surface area contributed by atoms with E-state index in [1.807, 2.05) is 0 Å². The minimum absolute atomic E-state index is 0.171. The van der Waals surface area contributed by atoms with E-state index in [2.05, 4.69) is 45.1 Å². The summed E-state index contributed by atoms with van der Waals surface area (Å²) in [6, 6.07) is 8.53. The van der Waals surface area contributed by atoms with Gasteiger partial charge in [0.25, 0.3) is 0 Å². The Morgan fingerprint density at radius 1 is 1.12 bits per heavy atom. The highest BCUT2D eigenvalue weighted by Crippen LogP contribution is 2.18. The minimum atomic E-state index is 0.171. The summed E-state index contributed by atoms with van der Waals surface area (Å²) in [5, 5.41) is 0. The maximum Gasteiger partial charge on any atom is 0.0307 e. The van der Waals surface area contributed by atoms with Crippen LogP contribution in [-0.4, -0.2) is 24.5 Å². The van der Waals surface area contributed by atoms with Gasteiger partial charge in [-0.1, -0.05) is 34.5 Å². The van der Waals surface area contributed by atoms with E-state index >= 15 is 0 Å². The van der Waals surface area contributed by atoms with Crippen molar-refractivity contribution in [2.75, 3.05) is 19.6 Å². The summed E-state index contributed by atoms with van der Waals surface area (Å²) >= 11 is 3.45. The Labute approximate surface area is 112 Å². The number of benzene rings is 1. The molecule has 17 heavy (non-hydrogen) atoms.